The van der Waals surface area contributed by atoms with Gasteiger partial charge in [0.05, 0.1) is 24.8 Å². The highest BCUT2D eigenvalue weighted by molar-refractivity contribution is 6.30. The van der Waals surface area contributed by atoms with Crippen LogP contribution < -0.4 is 10.6 Å². The Morgan fingerprint density at radius 1 is 1.30 bits per heavy atom. The van der Waals surface area contributed by atoms with Crippen LogP contribution in [0.1, 0.15) is 32.2 Å². The van der Waals surface area contributed by atoms with E-state index in [2.05, 4.69) is 35.6 Å². The van der Waals surface area contributed by atoms with E-state index in [1.807, 2.05) is 13.8 Å². The second kappa shape index (κ2) is 10.3. The highest BCUT2D eigenvalue weighted by Crippen LogP contribution is 2.33. The van der Waals surface area contributed by atoms with Gasteiger partial charge in [-0.15, -0.1) is 0 Å². The predicted molar refractivity (Wildman–Crippen MR) is 133 cm³/mol. The Morgan fingerprint density at radius 2 is 2.14 bits per heavy atom. The third-order valence-corrected chi connectivity index (χ3v) is 5.92. The molecule has 11 nitrogen and oxygen atoms in total. The lowest BCUT2D eigenvalue weighted by Crippen LogP contribution is -2.38. The molecule has 0 aliphatic carbocycles. The quantitative estimate of drug-likeness (QED) is 0.331. The van der Waals surface area contributed by atoms with Crippen LogP contribution in [-0.4, -0.2) is 58.8 Å². The Bertz CT molecular complexity index is 1450. The number of pyridine rings is 2. The maximum absolute atomic E-state index is 13.9. The number of ether oxygens (including phenoxy) is 1. The van der Waals surface area contributed by atoms with Crippen molar-refractivity contribution in [3.8, 4) is 11.4 Å². The third-order valence-electron chi connectivity index (χ3n) is 5.69. The third kappa shape index (κ3) is 5.36. The minimum absolute atomic E-state index is 0.0702. The summed E-state index contributed by atoms with van der Waals surface area (Å²) < 4.78 is 21.4. The molecule has 5 heterocycles. The number of halogens is 2. The van der Waals surface area contributed by atoms with Crippen LogP contribution in [0.4, 0.5) is 10.2 Å². The van der Waals surface area contributed by atoms with Crippen molar-refractivity contribution in [3.63, 3.8) is 0 Å². The molecule has 4 aromatic heterocycles. The molecule has 1 saturated heterocycles. The van der Waals surface area contributed by atoms with Crippen molar-refractivity contribution < 1.29 is 19.0 Å². The van der Waals surface area contributed by atoms with Crippen LogP contribution in [0.5, 0.6) is 0 Å². The van der Waals surface area contributed by atoms with Crippen molar-refractivity contribution >= 4 is 34.5 Å². The zero-order valence-corrected chi connectivity index (χ0v) is 20.7. The Hall–Kier alpha value is -3.74. The van der Waals surface area contributed by atoms with Crippen molar-refractivity contribution in [2.75, 3.05) is 5.32 Å². The first-order valence-corrected chi connectivity index (χ1v) is 12.0. The molecule has 0 spiro atoms. The highest BCUT2D eigenvalue weighted by atomic mass is 35.5. The topological polar surface area (TPSA) is 140 Å². The van der Waals surface area contributed by atoms with Crippen LogP contribution in [0.15, 0.2) is 43.1 Å². The molecule has 4 aromatic rings. The van der Waals surface area contributed by atoms with Crippen molar-refractivity contribution in [2.24, 2.45) is 0 Å². The van der Waals surface area contributed by atoms with Gasteiger partial charge in [0.15, 0.2) is 29.0 Å². The van der Waals surface area contributed by atoms with Gasteiger partial charge >= 0.3 is 0 Å². The summed E-state index contributed by atoms with van der Waals surface area (Å²) in [4.78, 5) is 34.2. The van der Waals surface area contributed by atoms with Gasteiger partial charge in [-0.25, -0.2) is 19.3 Å². The van der Waals surface area contributed by atoms with Gasteiger partial charge in [0.1, 0.15) is 18.0 Å². The molecule has 3 atom stereocenters. The molecule has 0 aromatic carbocycles. The molecule has 1 aliphatic heterocycles. The highest BCUT2D eigenvalue weighted by Gasteiger charge is 2.40. The largest absolute Gasteiger partial charge is 0.388 e. The van der Waals surface area contributed by atoms with E-state index in [0.29, 0.717) is 33.3 Å². The monoisotopic (exact) mass is 526 g/mol. The number of rotatable bonds is 7. The van der Waals surface area contributed by atoms with Gasteiger partial charge in [0.2, 0.25) is 5.91 Å². The second-order valence-electron chi connectivity index (χ2n) is 8.91. The SMILES string of the molecule is CC(C)NC(=O)[C@@H]1C[C@@H](O)[C@H](n2cnc3c(NCc4cc(Cl)ccn4)nc(-c4cncc(F)c4)nc32)O1. The Morgan fingerprint density at radius 3 is 2.89 bits per heavy atom. The number of carbonyl (C=O) groups is 1. The van der Waals surface area contributed by atoms with Crippen LogP contribution in [0, 0.1) is 5.82 Å². The number of aliphatic hydroxyl groups is 1. The lowest BCUT2D eigenvalue weighted by Gasteiger charge is -2.18. The minimum atomic E-state index is -0.985. The van der Waals surface area contributed by atoms with Gasteiger partial charge in [0, 0.05) is 35.4 Å². The summed E-state index contributed by atoms with van der Waals surface area (Å²) in [6.07, 6.45) is 2.97. The summed E-state index contributed by atoms with van der Waals surface area (Å²) in [5, 5.41) is 17.3. The van der Waals surface area contributed by atoms with Crippen molar-refractivity contribution in [1.82, 2.24) is 34.8 Å². The first-order chi connectivity index (χ1) is 17.8. The molecule has 3 N–H and O–H groups in total. The summed E-state index contributed by atoms with van der Waals surface area (Å²) in [6, 6.07) is 4.59. The normalized spacial score (nSPS) is 19.5. The molecular formula is C24H24ClFN8O3. The van der Waals surface area contributed by atoms with Crippen LogP contribution >= 0.6 is 11.6 Å². The number of aliphatic hydroxyl groups excluding tert-OH is 1. The van der Waals surface area contributed by atoms with Crippen LogP contribution in [0.3, 0.4) is 0 Å². The summed E-state index contributed by atoms with van der Waals surface area (Å²) in [6.45, 7) is 3.97. The Labute approximate surface area is 216 Å². The first kappa shape index (κ1) is 24.9. The van der Waals surface area contributed by atoms with Crippen molar-refractivity contribution in [1.29, 1.82) is 0 Å². The van der Waals surface area contributed by atoms with E-state index in [1.54, 1.807) is 22.9 Å². The van der Waals surface area contributed by atoms with E-state index in [1.165, 1.54) is 18.6 Å². The van der Waals surface area contributed by atoms with E-state index >= 15 is 0 Å². The van der Waals surface area contributed by atoms with E-state index in [-0.39, 0.29) is 30.7 Å². The zero-order chi connectivity index (χ0) is 26.1. The zero-order valence-electron chi connectivity index (χ0n) is 20.0. The van der Waals surface area contributed by atoms with Crippen LogP contribution in [0.25, 0.3) is 22.6 Å². The maximum Gasteiger partial charge on any atom is 0.249 e. The van der Waals surface area contributed by atoms with E-state index in [4.69, 9.17) is 16.3 Å². The Kier molecular flexibility index (Phi) is 6.96. The standard InChI is InChI=1S/C24H24ClFN8O3/c1-12(2)31-23(36)18-7-17(35)24(37-18)34-11-30-19-21(29-10-16-6-14(25)3-4-28-16)32-20(33-22(19)34)13-5-15(26)9-27-8-13/h3-6,8-9,11-12,17-18,24,35H,7,10H2,1-2H3,(H,31,36)(H,29,32,33)/t17-,18+,24-/m1/s1. The minimum Gasteiger partial charge on any atom is -0.388 e. The number of hydrogen-bond acceptors (Lipinski definition) is 9. The van der Waals surface area contributed by atoms with E-state index < -0.39 is 24.3 Å². The number of amides is 1. The molecule has 0 bridgehead atoms. The molecule has 192 valence electrons. The molecule has 0 radical (unpaired) electrons. The molecule has 5 rings (SSSR count). The summed E-state index contributed by atoms with van der Waals surface area (Å²) in [5.41, 5.74) is 1.73. The maximum atomic E-state index is 13.9. The number of nitrogens with zero attached hydrogens (tertiary/aromatic N) is 6. The number of fused-ring (bicyclic) bond motifs is 1. The number of anilines is 1. The van der Waals surface area contributed by atoms with Gasteiger partial charge in [-0.1, -0.05) is 11.6 Å². The number of nitrogens with one attached hydrogen (secondary N) is 2. The van der Waals surface area contributed by atoms with Crippen LogP contribution in [-0.2, 0) is 16.1 Å². The molecule has 0 unspecified atom stereocenters. The van der Waals surface area contributed by atoms with Gasteiger partial charge < -0.3 is 20.5 Å². The van der Waals surface area contributed by atoms with Gasteiger partial charge in [-0.05, 0) is 32.0 Å². The molecule has 1 amide bonds. The lowest BCUT2D eigenvalue weighted by molar-refractivity contribution is -0.135. The smallest absolute Gasteiger partial charge is 0.249 e. The number of hydrogen-bond donors (Lipinski definition) is 3. The average molecular weight is 527 g/mol. The Balaban J connectivity index is 1.53. The fourth-order valence-electron chi connectivity index (χ4n) is 4.06. The molecule has 37 heavy (non-hydrogen) atoms. The van der Waals surface area contributed by atoms with Crippen molar-refractivity contribution in [3.05, 3.63) is 59.7 Å². The number of aromatic nitrogens is 6. The average Bonchev–Trinajstić information content (AvgIpc) is 3.45. The predicted octanol–water partition coefficient (Wildman–Crippen LogP) is 2.86. The molecule has 1 aliphatic rings. The molecule has 13 heteroatoms. The first-order valence-electron chi connectivity index (χ1n) is 11.6. The van der Waals surface area contributed by atoms with Gasteiger partial charge in [-0.2, -0.15) is 0 Å². The molecule has 1 fully saturated rings. The van der Waals surface area contributed by atoms with Crippen LogP contribution in [0.2, 0.25) is 5.02 Å². The summed E-state index contributed by atoms with van der Waals surface area (Å²) >= 11 is 6.08. The fourth-order valence-corrected chi connectivity index (χ4v) is 4.24. The van der Waals surface area contributed by atoms with E-state index in [0.717, 1.165) is 6.20 Å². The number of carbonyl (C=O) groups excluding carboxylic acids is 1. The molecule has 0 saturated carbocycles. The second-order valence-corrected chi connectivity index (χ2v) is 9.35. The van der Waals surface area contributed by atoms with Gasteiger partial charge in [0.25, 0.3) is 0 Å². The molecular weight excluding hydrogens is 503 g/mol. The summed E-state index contributed by atoms with van der Waals surface area (Å²) in [7, 11) is 0. The lowest BCUT2D eigenvalue weighted by atomic mass is 10.2. The number of imidazole rings is 1. The fraction of sp³-hybridized carbons (Fsp3) is 0.333. The van der Waals surface area contributed by atoms with Crippen molar-refractivity contribution in [2.45, 2.75) is 51.3 Å². The van der Waals surface area contributed by atoms with Gasteiger partial charge in [-0.3, -0.25) is 19.3 Å². The summed E-state index contributed by atoms with van der Waals surface area (Å²) in [5.74, 6) is -0.310. The van der Waals surface area contributed by atoms with E-state index in [9.17, 15) is 14.3 Å².